The molecule has 0 unspecified atom stereocenters. The molecule has 36 heavy (non-hydrogen) atoms. The van der Waals surface area contributed by atoms with Gasteiger partial charge in [0.15, 0.2) is 0 Å². The number of aromatic nitrogens is 2. The summed E-state index contributed by atoms with van der Waals surface area (Å²) in [6, 6.07) is 14.2. The van der Waals surface area contributed by atoms with Crippen LogP contribution in [0.2, 0.25) is 0 Å². The third-order valence-corrected chi connectivity index (χ3v) is 10.3. The monoisotopic (exact) mass is 520 g/mol. The van der Waals surface area contributed by atoms with Crippen LogP contribution in [0.5, 0.6) is 0 Å². The molecule has 0 saturated carbocycles. The first-order chi connectivity index (χ1) is 17.1. The number of rotatable bonds is 5. The normalized spacial score (nSPS) is 15.1. The molecule has 8 heteroatoms. The minimum absolute atomic E-state index is 0.427. The van der Waals surface area contributed by atoms with Gasteiger partial charge in [-0.1, -0.05) is 48.0 Å². The van der Waals surface area contributed by atoms with Crippen molar-refractivity contribution in [3.63, 3.8) is 0 Å². The molecule has 3 heterocycles. The number of sulfonamides is 1. The van der Waals surface area contributed by atoms with Gasteiger partial charge in [0.25, 0.3) is 0 Å². The third kappa shape index (κ3) is 4.53. The van der Waals surface area contributed by atoms with E-state index in [1.54, 1.807) is 15.6 Å². The van der Waals surface area contributed by atoms with Gasteiger partial charge in [-0.2, -0.15) is 4.31 Å². The molecule has 188 valence electrons. The molecule has 0 bridgehead atoms. The zero-order valence-electron chi connectivity index (χ0n) is 21.5. The first-order valence-corrected chi connectivity index (χ1v) is 14.5. The molecule has 1 aliphatic heterocycles. The Labute approximate surface area is 217 Å². The van der Waals surface area contributed by atoms with E-state index in [0.717, 1.165) is 38.5 Å². The highest BCUT2D eigenvalue weighted by Gasteiger charge is 2.32. The van der Waals surface area contributed by atoms with Crippen molar-refractivity contribution in [2.45, 2.75) is 45.9 Å². The van der Waals surface area contributed by atoms with Crippen LogP contribution in [0.25, 0.3) is 10.2 Å². The first-order valence-electron chi connectivity index (χ1n) is 12.3. The van der Waals surface area contributed by atoms with E-state index in [1.807, 2.05) is 51.1 Å². The Balaban J connectivity index is 1.45. The largest absolute Gasteiger partial charge is 0.353 e. The SMILES string of the molecule is Cc1cc(C)c(S(=O)(=O)N2CCN(c3nc(Cc4ccccc4)nc4sc(C)c(C)c34)CC2)c(C)c1. The fourth-order valence-electron chi connectivity index (χ4n) is 5.20. The first kappa shape index (κ1) is 24.9. The van der Waals surface area contributed by atoms with E-state index in [2.05, 4.69) is 30.9 Å². The molecule has 6 nitrogen and oxygen atoms in total. The third-order valence-electron chi connectivity index (χ3n) is 7.00. The van der Waals surface area contributed by atoms with Crippen LogP contribution in [0, 0.1) is 34.6 Å². The van der Waals surface area contributed by atoms with E-state index in [9.17, 15) is 8.42 Å². The van der Waals surface area contributed by atoms with Gasteiger partial charge in [0.2, 0.25) is 10.0 Å². The summed E-state index contributed by atoms with van der Waals surface area (Å²) in [6.07, 6.45) is 0.667. The molecule has 0 radical (unpaired) electrons. The van der Waals surface area contributed by atoms with Crippen molar-refractivity contribution in [2.75, 3.05) is 31.1 Å². The summed E-state index contributed by atoms with van der Waals surface area (Å²) in [4.78, 5) is 14.9. The maximum absolute atomic E-state index is 13.6. The van der Waals surface area contributed by atoms with Gasteiger partial charge in [0, 0.05) is 37.5 Å². The molecule has 5 rings (SSSR count). The molecular formula is C28H32N4O2S2. The molecular weight excluding hydrogens is 488 g/mol. The van der Waals surface area contributed by atoms with Crippen molar-refractivity contribution in [3.05, 3.63) is 81.0 Å². The molecule has 4 aromatic rings. The Hall–Kier alpha value is -2.81. The minimum Gasteiger partial charge on any atom is -0.353 e. The number of hydrogen-bond donors (Lipinski definition) is 0. The summed E-state index contributed by atoms with van der Waals surface area (Å²) in [6.45, 7) is 12.1. The predicted molar refractivity (Wildman–Crippen MR) is 148 cm³/mol. The molecule has 0 atom stereocenters. The van der Waals surface area contributed by atoms with Crippen LogP contribution in [0.3, 0.4) is 0 Å². The number of fused-ring (bicyclic) bond motifs is 1. The second-order valence-electron chi connectivity index (χ2n) is 9.71. The fourth-order valence-corrected chi connectivity index (χ4v) is 8.08. The lowest BCUT2D eigenvalue weighted by molar-refractivity contribution is 0.383. The van der Waals surface area contributed by atoms with Crippen molar-refractivity contribution in [1.29, 1.82) is 0 Å². The quantitative estimate of drug-likeness (QED) is 0.356. The van der Waals surface area contributed by atoms with Gasteiger partial charge in [0.05, 0.1) is 10.3 Å². The maximum atomic E-state index is 13.6. The maximum Gasteiger partial charge on any atom is 0.243 e. The van der Waals surface area contributed by atoms with E-state index < -0.39 is 10.0 Å². The molecule has 0 amide bonds. The summed E-state index contributed by atoms with van der Waals surface area (Å²) in [5.74, 6) is 1.72. The van der Waals surface area contributed by atoms with Gasteiger partial charge in [-0.15, -0.1) is 11.3 Å². The summed E-state index contributed by atoms with van der Waals surface area (Å²) >= 11 is 1.70. The van der Waals surface area contributed by atoms with Crippen LogP contribution in [0.15, 0.2) is 47.4 Å². The Morgan fingerprint density at radius 3 is 2.17 bits per heavy atom. The average Bonchev–Trinajstić information content (AvgIpc) is 3.11. The number of benzene rings is 2. The van der Waals surface area contributed by atoms with E-state index in [4.69, 9.17) is 9.97 Å². The highest BCUT2D eigenvalue weighted by Crippen LogP contribution is 2.36. The Morgan fingerprint density at radius 2 is 1.53 bits per heavy atom. The lowest BCUT2D eigenvalue weighted by atomic mass is 10.1. The van der Waals surface area contributed by atoms with Gasteiger partial charge in [0.1, 0.15) is 16.5 Å². The van der Waals surface area contributed by atoms with Gasteiger partial charge in [-0.25, -0.2) is 18.4 Å². The van der Waals surface area contributed by atoms with Crippen LogP contribution >= 0.6 is 11.3 Å². The lowest BCUT2D eigenvalue weighted by Gasteiger charge is -2.35. The molecule has 1 saturated heterocycles. The minimum atomic E-state index is -3.57. The van der Waals surface area contributed by atoms with Crippen LogP contribution in [-0.2, 0) is 16.4 Å². The van der Waals surface area contributed by atoms with Crippen LogP contribution in [0.4, 0.5) is 5.82 Å². The zero-order valence-corrected chi connectivity index (χ0v) is 23.1. The molecule has 0 spiro atoms. The number of nitrogens with zero attached hydrogens (tertiary/aromatic N) is 4. The molecule has 1 aliphatic rings. The van der Waals surface area contributed by atoms with E-state index in [-0.39, 0.29) is 0 Å². The molecule has 0 N–H and O–H groups in total. The van der Waals surface area contributed by atoms with Gasteiger partial charge in [-0.3, -0.25) is 0 Å². The number of aryl methyl sites for hydroxylation is 5. The fraction of sp³-hybridized carbons (Fsp3) is 0.357. The number of anilines is 1. The molecule has 2 aromatic heterocycles. The Bertz CT molecular complexity index is 1510. The topological polar surface area (TPSA) is 66.4 Å². The van der Waals surface area contributed by atoms with Crippen molar-refractivity contribution < 1.29 is 8.42 Å². The number of hydrogen-bond acceptors (Lipinski definition) is 6. The van der Waals surface area contributed by atoms with Crippen LogP contribution < -0.4 is 4.90 Å². The summed E-state index contributed by atoms with van der Waals surface area (Å²) < 4.78 is 28.8. The number of thiophene rings is 1. The molecule has 1 fully saturated rings. The lowest BCUT2D eigenvalue weighted by Crippen LogP contribution is -2.49. The smallest absolute Gasteiger partial charge is 0.243 e. The van der Waals surface area contributed by atoms with Crippen molar-refractivity contribution in [3.8, 4) is 0 Å². The second-order valence-corrected chi connectivity index (χ2v) is 12.8. The van der Waals surface area contributed by atoms with Crippen molar-refractivity contribution >= 4 is 37.4 Å². The predicted octanol–water partition coefficient (Wildman–Crippen LogP) is 5.34. The molecule has 2 aromatic carbocycles. The highest BCUT2D eigenvalue weighted by atomic mass is 32.2. The highest BCUT2D eigenvalue weighted by molar-refractivity contribution is 7.89. The Kier molecular flexibility index (Phi) is 6.61. The Morgan fingerprint density at radius 1 is 0.889 bits per heavy atom. The second kappa shape index (κ2) is 9.57. The zero-order chi connectivity index (χ0) is 25.6. The molecule has 0 aliphatic carbocycles. The summed E-state index contributed by atoms with van der Waals surface area (Å²) in [7, 11) is -3.57. The van der Waals surface area contributed by atoms with E-state index in [0.29, 0.717) is 37.5 Å². The standard InChI is InChI=1S/C28H32N4O2S2/c1-18-15-19(2)26(20(3)16-18)36(33,34)32-13-11-31(12-14-32)27-25-21(4)22(5)35-28(25)30-24(29-27)17-23-9-7-6-8-10-23/h6-10,15-16H,11-14,17H2,1-5H3. The van der Waals surface area contributed by atoms with Gasteiger partial charge < -0.3 is 4.90 Å². The van der Waals surface area contributed by atoms with Gasteiger partial charge in [-0.05, 0) is 56.9 Å². The van der Waals surface area contributed by atoms with E-state index in [1.165, 1.54) is 16.0 Å². The summed E-state index contributed by atoms with van der Waals surface area (Å²) in [5, 5.41) is 1.09. The van der Waals surface area contributed by atoms with Crippen molar-refractivity contribution in [2.24, 2.45) is 0 Å². The van der Waals surface area contributed by atoms with Gasteiger partial charge >= 0.3 is 0 Å². The van der Waals surface area contributed by atoms with E-state index >= 15 is 0 Å². The van der Waals surface area contributed by atoms with Crippen LogP contribution in [0.1, 0.15) is 38.5 Å². The number of piperazine rings is 1. The average molecular weight is 521 g/mol. The summed E-state index contributed by atoms with van der Waals surface area (Å²) in [5.41, 5.74) is 5.07. The van der Waals surface area contributed by atoms with Crippen molar-refractivity contribution in [1.82, 2.24) is 14.3 Å². The van der Waals surface area contributed by atoms with Crippen LogP contribution in [-0.4, -0.2) is 48.9 Å².